The Kier molecular flexibility index (Phi) is 3.82. The molecule has 16 heavy (non-hydrogen) atoms. The molecule has 0 aliphatic heterocycles. The Labute approximate surface area is 92.4 Å². The van der Waals surface area contributed by atoms with Crippen LogP contribution in [0.25, 0.3) is 0 Å². The standard InChI is InChI=1S/C11H13F2NO2/c1-6(2)14-11(15)10-8(12)4-7(16-3)5-9(10)13/h4-6H,1-3H3,(H,14,15). The fourth-order valence-corrected chi connectivity index (χ4v) is 1.22. The number of methoxy groups -OCH3 is 1. The molecule has 0 bridgehead atoms. The van der Waals surface area contributed by atoms with Gasteiger partial charge in [0.2, 0.25) is 0 Å². The normalized spacial score (nSPS) is 10.4. The second-order valence-electron chi connectivity index (χ2n) is 3.59. The molecule has 1 N–H and O–H groups in total. The third-order valence-corrected chi connectivity index (χ3v) is 1.90. The first-order valence-corrected chi connectivity index (χ1v) is 4.79. The van der Waals surface area contributed by atoms with Crippen LogP contribution in [-0.4, -0.2) is 19.1 Å². The lowest BCUT2D eigenvalue weighted by atomic mass is 10.1. The summed E-state index contributed by atoms with van der Waals surface area (Å²) >= 11 is 0. The van der Waals surface area contributed by atoms with Crippen molar-refractivity contribution < 1.29 is 18.3 Å². The van der Waals surface area contributed by atoms with Crippen molar-refractivity contribution >= 4 is 5.91 Å². The zero-order valence-electron chi connectivity index (χ0n) is 9.30. The van der Waals surface area contributed by atoms with Crippen LogP contribution in [0.2, 0.25) is 0 Å². The van der Waals surface area contributed by atoms with Crippen molar-refractivity contribution in [2.24, 2.45) is 0 Å². The summed E-state index contributed by atoms with van der Waals surface area (Å²) in [6, 6.07) is 1.75. The van der Waals surface area contributed by atoms with Crippen molar-refractivity contribution in [2.75, 3.05) is 7.11 Å². The summed E-state index contributed by atoms with van der Waals surface area (Å²) in [5.41, 5.74) is -0.588. The van der Waals surface area contributed by atoms with Gasteiger partial charge in [0.05, 0.1) is 7.11 Å². The van der Waals surface area contributed by atoms with E-state index in [1.165, 1.54) is 7.11 Å². The van der Waals surface area contributed by atoms with Crippen molar-refractivity contribution in [3.05, 3.63) is 29.3 Å². The molecular formula is C11H13F2NO2. The Morgan fingerprint density at radius 2 is 1.81 bits per heavy atom. The average Bonchev–Trinajstić information content (AvgIpc) is 2.15. The van der Waals surface area contributed by atoms with Gasteiger partial charge >= 0.3 is 0 Å². The van der Waals surface area contributed by atoms with Gasteiger partial charge in [0, 0.05) is 18.2 Å². The number of halogens is 2. The fourth-order valence-electron chi connectivity index (χ4n) is 1.22. The van der Waals surface area contributed by atoms with Crippen LogP contribution < -0.4 is 10.1 Å². The van der Waals surface area contributed by atoms with Crippen LogP contribution in [0.4, 0.5) is 8.78 Å². The topological polar surface area (TPSA) is 38.3 Å². The predicted octanol–water partition coefficient (Wildman–Crippen LogP) is 2.11. The van der Waals surface area contributed by atoms with E-state index in [0.29, 0.717) is 0 Å². The highest BCUT2D eigenvalue weighted by Crippen LogP contribution is 2.20. The van der Waals surface area contributed by atoms with Gasteiger partial charge in [-0.1, -0.05) is 0 Å². The number of benzene rings is 1. The summed E-state index contributed by atoms with van der Waals surface area (Å²) in [7, 11) is 1.29. The van der Waals surface area contributed by atoms with Crippen LogP contribution in [-0.2, 0) is 0 Å². The van der Waals surface area contributed by atoms with Crippen molar-refractivity contribution in [3.63, 3.8) is 0 Å². The molecule has 0 fully saturated rings. The van der Waals surface area contributed by atoms with Crippen LogP contribution in [0.1, 0.15) is 24.2 Å². The van der Waals surface area contributed by atoms with E-state index >= 15 is 0 Å². The quantitative estimate of drug-likeness (QED) is 0.862. The van der Waals surface area contributed by atoms with Crippen LogP contribution in [0.15, 0.2) is 12.1 Å². The molecule has 1 amide bonds. The summed E-state index contributed by atoms with van der Waals surface area (Å²) in [6.07, 6.45) is 0. The maximum absolute atomic E-state index is 13.4. The largest absolute Gasteiger partial charge is 0.497 e. The molecule has 88 valence electrons. The van der Waals surface area contributed by atoms with E-state index in [2.05, 4.69) is 10.1 Å². The van der Waals surface area contributed by atoms with Crippen LogP contribution in [0.5, 0.6) is 5.75 Å². The molecule has 0 atom stereocenters. The zero-order chi connectivity index (χ0) is 12.3. The van der Waals surface area contributed by atoms with Gasteiger partial charge in [-0.2, -0.15) is 0 Å². The minimum Gasteiger partial charge on any atom is -0.497 e. The number of nitrogens with one attached hydrogen (secondary N) is 1. The number of ether oxygens (including phenoxy) is 1. The smallest absolute Gasteiger partial charge is 0.257 e. The molecule has 1 rings (SSSR count). The summed E-state index contributed by atoms with van der Waals surface area (Å²) in [6.45, 7) is 3.41. The Morgan fingerprint density at radius 3 is 2.19 bits per heavy atom. The molecule has 0 unspecified atom stereocenters. The second kappa shape index (κ2) is 4.92. The summed E-state index contributed by atoms with van der Waals surface area (Å²) in [5, 5.41) is 2.42. The Hall–Kier alpha value is -1.65. The highest BCUT2D eigenvalue weighted by Gasteiger charge is 2.19. The van der Waals surface area contributed by atoms with Crippen LogP contribution in [0.3, 0.4) is 0 Å². The molecule has 5 heteroatoms. The van der Waals surface area contributed by atoms with E-state index in [1.54, 1.807) is 13.8 Å². The van der Waals surface area contributed by atoms with E-state index in [4.69, 9.17) is 0 Å². The van der Waals surface area contributed by atoms with E-state index in [9.17, 15) is 13.6 Å². The van der Waals surface area contributed by atoms with Crippen molar-refractivity contribution in [1.82, 2.24) is 5.32 Å². The Morgan fingerprint density at radius 1 is 1.31 bits per heavy atom. The number of hydrogen-bond donors (Lipinski definition) is 1. The molecule has 1 aromatic rings. The highest BCUT2D eigenvalue weighted by atomic mass is 19.1. The third-order valence-electron chi connectivity index (χ3n) is 1.90. The van der Waals surface area contributed by atoms with Gasteiger partial charge in [-0.15, -0.1) is 0 Å². The first-order chi connectivity index (χ1) is 7.45. The van der Waals surface area contributed by atoms with Gasteiger partial charge in [0.25, 0.3) is 5.91 Å². The molecule has 1 aromatic carbocycles. The van der Waals surface area contributed by atoms with E-state index in [1.807, 2.05) is 0 Å². The predicted molar refractivity (Wildman–Crippen MR) is 55.5 cm³/mol. The average molecular weight is 229 g/mol. The molecule has 0 aromatic heterocycles. The van der Waals surface area contributed by atoms with Gasteiger partial charge < -0.3 is 10.1 Å². The molecule has 0 radical (unpaired) electrons. The monoisotopic (exact) mass is 229 g/mol. The lowest BCUT2D eigenvalue weighted by Gasteiger charge is -2.10. The second-order valence-corrected chi connectivity index (χ2v) is 3.59. The number of amides is 1. The molecule has 0 saturated heterocycles. The van der Waals surface area contributed by atoms with E-state index < -0.39 is 23.1 Å². The SMILES string of the molecule is COc1cc(F)c(C(=O)NC(C)C)c(F)c1. The molecule has 0 aliphatic rings. The third kappa shape index (κ3) is 2.68. The fraction of sp³-hybridized carbons (Fsp3) is 0.364. The number of rotatable bonds is 3. The summed E-state index contributed by atoms with van der Waals surface area (Å²) < 4.78 is 31.5. The minimum absolute atomic E-state index is 0.0381. The number of hydrogen-bond acceptors (Lipinski definition) is 2. The summed E-state index contributed by atoms with van der Waals surface area (Å²) in [5.74, 6) is -2.60. The number of carbonyl (C=O) groups excluding carboxylic acids is 1. The molecule has 0 spiro atoms. The maximum Gasteiger partial charge on any atom is 0.257 e. The van der Waals surface area contributed by atoms with Gasteiger partial charge in [-0.25, -0.2) is 8.78 Å². The van der Waals surface area contributed by atoms with Gasteiger partial charge in [0.15, 0.2) is 0 Å². The number of carbonyl (C=O) groups is 1. The molecular weight excluding hydrogens is 216 g/mol. The van der Waals surface area contributed by atoms with Crippen LogP contribution >= 0.6 is 0 Å². The van der Waals surface area contributed by atoms with Gasteiger partial charge in [0.1, 0.15) is 22.9 Å². The van der Waals surface area contributed by atoms with Crippen molar-refractivity contribution in [3.8, 4) is 5.75 Å². The first-order valence-electron chi connectivity index (χ1n) is 4.79. The summed E-state index contributed by atoms with van der Waals surface area (Å²) in [4.78, 5) is 11.5. The zero-order valence-corrected chi connectivity index (χ0v) is 9.30. The van der Waals surface area contributed by atoms with Gasteiger partial charge in [-0.3, -0.25) is 4.79 Å². The molecule has 3 nitrogen and oxygen atoms in total. The molecule has 0 heterocycles. The molecule has 0 aliphatic carbocycles. The van der Waals surface area contributed by atoms with Crippen molar-refractivity contribution in [2.45, 2.75) is 19.9 Å². The van der Waals surface area contributed by atoms with Crippen molar-refractivity contribution in [1.29, 1.82) is 0 Å². The lowest BCUT2D eigenvalue weighted by Crippen LogP contribution is -2.31. The Bertz CT molecular complexity index is 382. The Balaban J connectivity index is 3.09. The minimum atomic E-state index is -0.935. The van der Waals surface area contributed by atoms with E-state index in [0.717, 1.165) is 12.1 Å². The molecule has 0 saturated carbocycles. The maximum atomic E-state index is 13.4. The highest BCUT2D eigenvalue weighted by molar-refractivity contribution is 5.95. The van der Waals surface area contributed by atoms with Crippen LogP contribution in [0, 0.1) is 11.6 Å². The lowest BCUT2D eigenvalue weighted by molar-refractivity contribution is 0.0934. The van der Waals surface area contributed by atoms with E-state index in [-0.39, 0.29) is 11.8 Å². The van der Waals surface area contributed by atoms with Gasteiger partial charge in [-0.05, 0) is 13.8 Å². The first kappa shape index (κ1) is 12.4.